The van der Waals surface area contributed by atoms with Crippen molar-refractivity contribution in [3.63, 3.8) is 0 Å². The molecule has 0 aliphatic carbocycles. The van der Waals surface area contributed by atoms with Crippen LogP contribution in [0.5, 0.6) is 0 Å². The van der Waals surface area contributed by atoms with Gasteiger partial charge in [-0.25, -0.2) is 4.98 Å². The van der Waals surface area contributed by atoms with E-state index in [1.807, 2.05) is 13.8 Å². The number of thiazole rings is 1. The van der Waals surface area contributed by atoms with Crippen molar-refractivity contribution in [3.05, 3.63) is 50.1 Å². The molecule has 0 spiro atoms. The zero-order valence-electron chi connectivity index (χ0n) is 13.6. The molecule has 2 aromatic heterocycles. The molecule has 0 radical (unpaired) electrons. The molecule has 0 bridgehead atoms. The number of rotatable bonds is 4. The summed E-state index contributed by atoms with van der Waals surface area (Å²) in [7, 11) is 0. The summed E-state index contributed by atoms with van der Waals surface area (Å²) >= 11 is 1.41. The van der Waals surface area contributed by atoms with Gasteiger partial charge in [-0.1, -0.05) is 11.2 Å². The van der Waals surface area contributed by atoms with Crippen LogP contribution in [0.1, 0.15) is 26.6 Å². The Morgan fingerprint density at radius 2 is 2.04 bits per heavy atom. The molecule has 3 aromatic rings. The van der Waals surface area contributed by atoms with Crippen molar-refractivity contribution in [3.8, 4) is 10.8 Å². The van der Waals surface area contributed by atoms with Crippen molar-refractivity contribution in [2.45, 2.75) is 20.8 Å². The van der Waals surface area contributed by atoms with Crippen LogP contribution in [0, 0.1) is 30.9 Å². The predicted molar refractivity (Wildman–Crippen MR) is 90.7 cm³/mol. The molecule has 1 aromatic carbocycles. The summed E-state index contributed by atoms with van der Waals surface area (Å²) in [6, 6.07) is 4.19. The first-order valence-corrected chi connectivity index (χ1v) is 8.01. The Morgan fingerprint density at radius 3 is 2.68 bits per heavy atom. The fraction of sp³-hybridized carbons (Fsp3) is 0.200. The van der Waals surface area contributed by atoms with Crippen LogP contribution in [0.2, 0.25) is 0 Å². The Morgan fingerprint density at radius 1 is 1.28 bits per heavy atom. The maximum Gasteiger partial charge on any atom is 0.322 e. The van der Waals surface area contributed by atoms with Crippen LogP contribution in [-0.4, -0.2) is 26.0 Å². The molecule has 0 saturated heterocycles. The number of hydrogen-bond acceptors (Lipinski definition) is 8. The lowest BCUT2D eigenvalue weighted by Gasteiger charge is -2.04. The highest BCUT2D eigenvalue weighted by atomic mass is 32.1. The Balaban J connectivity index is 1.84. The van der Waals surface area contributed by atoms with E-state index in [0.717, 1.165) is 15.6 Å². The van der Waals surface area contributed by atoms with E-state index in [1.54, 1.807) is 0 Å². The van der Waals surface area contributed by atoms with E-state index in [4.69, 9.17) is 4.42 Å². The van der Waals surface area contributed by atoms with Crippen LogP contribution in [0.3, 0.4) is 0 Å². The van der Waals surface area contributed by atoms with Gasteiger partial charge in [0.15, 0.2) is 0 Å². The third-order valence-electron chi connectivity index (χ3n) is 3.49. The van der Waals surface area contributed by atoms with Crippen LogP contribution in [-0.2, 0) is 0 Å². The van der Waals surface area contributed by atoms with Gasteiger partial charge in [-0.2, -0.15) is 0 Å². The van der Waals surface area contributed by atoms with E-state index in [1.165, 1.54) is 36.5 Å². The van der Waals surface area contributed by atoms with Gasteiger partial charge in [0.2, 0.25) is 0 Å². The number of aryl methyl sites for hydroxylation is 2. The number of hydrogen-bond donors (Lipinski definition) is 1. The van der Waals surface area contributed by atoms with E-state index in [9.17, 15) is 14.9 Å². The van der Waals surface area contributed by atoms with E-state index in [-0.39, 0.29) is 28.7 Å². The lowest BCUT2D eigenvalue weighted by molar-refractivity contribution is -0.385. The molecule has 10 heteroatoms. The number of carbonyl (C=O) groups excluding carboxylic acids is 1. The van der Waals surface area contributed by atoms with Crippen molar-refractivity contribution in [2.24, 2.45) is 0 Å². The summed E-state index contributed by atoms with van der Waals surface area (Å²) in [5.41, 5.74) is 1.06. The molecule has 128 valence electrons. The fourth-order valence-corrected chi connectivity index (χ4v) is 3.17. The standard InChI is InChI=1S/C15H13N5O4S/c1-7-10(5-4-6-11(7)20(22)23)13(21)17-15-19-18-14(24-15)12-8(2)16-9(3)25-12/h4-6H,1-3H3,(H,17,19,21). The molecule has 0 aliphatic heterocycles. The maximum atomic E-state index is 12.4. The van der Waals surface area contributed by atoms with Gasteiger partial charge in [0, 0.05) is 17.2 Å². The van der Waals surface area contributed by atoms with Gasteiger partial charge in [-0.3, -0.25) is 20.2 Å². The summed E-state index contributed by atoms with van der Waals surface area (Å²) in [4.78, 5) is 27.8. The number of anilines is 1. The van der Waals surface area contributed by atoms with E-state index >= 15 is 0 Å². The molecular weight excluding hydrogens is 346 g/mol. The second-order valence-corrected chi connectivity index (χ2v) is 6.42. The molecule has 0 aliphatic rings. The number of benzene rings is 1. The monoisotopic (exact) mass is 359 g/mol. The van der Waals surface area contributed by atoms with Gasteiger partial charge in [-0.05, 0) is 26.8 Å². The SMILES string of the molecule is Cc1nc(C)c(-c2nnc(NC(=O)c3cccc([N+](=O)[O-])c3C)o2)s1. The maximum absolute atomic E-state index is 12.4. The average molecular weight is 359 g/mol. The first kappa shape index (κ1) is 16.7. The number of nitrogens with one attached hydrogen (secondary N) is 1. The lowest BCUT2D eigenvalue weighted by atomic mass is 10.1. The normalized spacial score (nSPS) is 10.7. The van der Waals surface area contributed by atoms with E-state index in [2.05, 4.69) is 20.5 Å². The smallest absolute Gasteiger partial charge is 0.322 e. The second-order valence-electron chi connectivity index (χ2n) is 5.22. The minimum Gasteiger partial charge on any atom is -0.402 e. The Labute approximate surface area is 145 Å². The van der Waals surface area contributed by atoms with Crippen molar-refractivity contribution in [2.75, 3.05) is 5.32 Å². The van der Waals surface area contributed by atoms with Crippen molar-refractivity contribution in [1.82, 2.24) is 15.2 Å². The quantitative estimate of drug-likeness (QED) is 0.560. The summed E-state index contributed by atoms with van der Waals surface area (Å²) in [6.07, 6.45) is 0. The summed E-state index contributed by atoms with van der Waals surface area (Å²) in [5, 5.41) is 22.0. The highest BCUT2D eigenvalue weighted by molar-refractivity contribution is 7.15. The fourth-order valence-electron chi connectivity index (χ4n) is 2.33. The summed E-state index contributed by atoms with van der Waals surface area (Å²) < 4.78 is 5.46. The second kappa shape index (κ2) is 6.40. The zero-order valence-corrected chi connectivity index (χ0v) is 14.4. The lowest BCUT2D eigenvalue weighted by Crippen LogP contribution is -2.14. The first-order chi connectivity index (χ1) is 11.9. The minimum atomic E-state index is -0.561. The van der Waals surface area contributed by atoms with Gasteiger partial charge in [0.1, 0.15) is 4.88 Å². The Kier molecular flexibility index (Phi) is 4.28. The van der Waals surface area contributed by atoms with Crippen molar-refractivity contribution >= 4 is 28.9 Å². The van der Waals surface area contributed by atoms with Crippen molar-refractivity contribution in [1.29, 1.82) is 0 Å². The molecule has 9 nitrogen and oxygen atoms in total. The van der Waals surface area contributed by atoms with Crippen molar-refractivity contribution < 1.29 is 14.1 Å². The number of nitro groups is 1. The third kappa shape index (κ3) is 3.24. The van der Waals surface area contributed by atoms with Crippen LogP contribution in [0.4, 0.5) is 11.7 Å². The highest BCUT2D eigenvalue weighted by Crippen LogP contribution is 2.29. The Bertz CT molecular complexity index is 978. The van der Waals surface area contributed by atoms with E-state index < -0.39 is 10.8 Å². The average Bonchev–Trinajstić information content (AvgIpc) is 3.13. The van der Waals surface area contributed by atoms with Gasteiger partial charge in [-0.15, -0.1) is 16.4 Å². The minimum absolute atomic E-state index is 0.0867. The molecule has 0 saturated carbocycles. The molecule has 25 heavy (non-hydrogen) atoms. The molecule has 3 rings (SSSR count). The van der Waals surface area contributed by atoms with Gasteiger partial charge in [0.05, 0.1) is 15.6 Å². The first-order valence-electron chi connectivity index (χ1n) is 7.20. The molecule has 2 heterocycles. The zero-order chi connectivity index (χ0) is 18.1. The molecule has 0 unspecified atom stereocenters. The Hall–Kier alpha value is -3.14. The highest BCUT2D eigenvalue weighted by Gasteiger charge is 2.20. The van der Waals surface area contributed by atoms with Crippen LogP contribution in [0.15, 0.2) is 22.6 Å². The number of nitro benzene ring substituents is 1. The number of amides is 1. The third-order valence-corrected chi connectivity index (χ3v) is 4.55. The van der Waals surface area contributed by atoms with Gasteiger partial charge < -0.3 is 4.42 Å². The summed E-state index contributed by atoms with van der Waals surface area (Å²) in [6.45, 7) is 5.20. The van der Waals surface area contributed by atoms with Gasteiger partial charge >= 0.3 is 6.01 Å². The van der Waals surface area contributed by atoms with E-state index in [0.29, 0.717) is 0 Å². The molecule has 1 amide bonds. The molecular formula is C15H13N5O4S. The molecule has 1 N–H and O–H groups in total. The topological polar surface area (TPSA) is 124 Å². The number of aromatic nitrogens is 3. The van der Waals surface area contributed by atoms with Crippen LogP contribution in [0.25, 0.3) is 10.8 Å². The predicted octanol–water partition coefficient (Wildman–Crippen LogP) is 3.28. The number of carbonyl (C=O) groups is 1. The van der Waals surface area contributed by atoms with Crippen LogP contribution < -0.4 is 5.32 Å². The molecule has 0 atom stereocenters. The van der Waals surface area contributed by atoms with Gasteiger partial charge in [0.25, 0.3) is 17.5 Å². The summed E-state index contributed by atoms with van der Waals surface area (Å²) in [5.74, 6) is -0.303. The van der Waals surface area contributed by atoms with Crippen LogP contribution >= 0.6 is 11.3 Å². The number of nitrogens with zero attached hydrogens (tertiary/aromatic N) is 4. The molecule has 0 fully saturated rings. The largest absolute Gasteiger partial charge is 0.402 e.